The van der Waals surface area contributed by atoms with Gasteiger partial charge in [0.1, 0.15) is 13.2 Å². The highest BCUT2D eigenvalue weighted by Crippen LogP contribution is 2.18. The van der Waals surface area contributed by atoms with E-state index in [4.69, 9.17) is 18.9 Å². The summed E-state index contributed by atoms with van der Waals surface area (Å²) in [6, 6.07) is 0. The number of carboxylic acid groups (broad SMARTS) is 1. The van der Waals surface area contributed by atoms with Crippen molar-refractivity contribution in [1.82, 2.24) is 0 Å². The number of likely N-dealkylation sites (N-methyl/N-ethyl adjacent to an activating group) is 1. The first kappa shape index (κ1) is 72.0. The lowest BCUT2D eigenvalue weighted by molar-refractivity contribution is -0.870. The van der Waals surface area contributed by atoms with Crippen LogP contribution >= 0.6 is 0 Å². The first-order valence-electron chi connectivity index (χ1n) is 32.4. The first-order chi connectivity index (χ1) is 36.1. The summed E-state index contributed by atoms with van der Waals surface area (Å²) in [6.07, 6.45) is 64.7. The molecule has 0 rings (SSSR count). The minimum atomic E-state index is -1.51. The van der Waals surface area contributed by atoms with Gasteiger partial charge in [-0.2, -0.15) is 0 Å². The lowest BCUT2D eigenvalue weighted by Crippen LogP contribution is -2.40. The van der Waals surface area contributed by atoms with Crippen molar-refractivity contribution >= 4 is 17.9 Å². The maximum atomic E-state index is 12.9. The topological polar surface area (TPSA) is 108 Å². The fraction of sp³-hybridized carbons (Fsp3) is 0.923. The Morgan fingerprint density at radius 2 is 0.689 bits per heavy atom. The number of unbranched alkanes of at least 4 members (excludes halogenated alkanes) is 44. The van der Waals surface area contributed by atoms with Gasteiger partial charge in [-0.05, 0) is 38.5 Å². The summed E-state index contributed by atoms with van der Waals surface area (Å²) in [6.45, 7) is 4.92. The Morgan fingerprint density at radius 3 is 1.00 bits per heavy atom. The maximum Gasteiger partial charge on any atom is 0.361 e. The van der Waals surface area contributed by atoms with Gasteiger partial charge in [-0.25, -0.2) is 4.79 Å². The molecule has 0 saturated carbocycles. The van der Waals surface area contributed by atoms with E-state index in [9.17, 15) is 19.5 Å². The van der Waals surface area contributed by atoms with Crippen LogP contribution in [0.4, 0.5) is 0 Å². The van der Waals surface area contributed by atoms with Crippen molar-refractivity contribution in [2.24, 2.45) is 0 Å². The number of hydrogen-bond acceptors (Lipinski definition) is 7. The molecule has 0 spiro atoms. The molecule has 2 atom stereocenters. The molecule has 0 aliphatic heterocycles. The van der Waals surface area contributed by atoms with Crippen molar-refractivity contribution in [3.8, 4) is 0 Å². The van der Waals surface area contributed by atoms with Crippen molar-refractivity contribution in [2.45, 2.75) is 341 Å². The van der Waals surface area contributed by atoms with Gasteiger partial charge in [-0.15, -0.1) is 0 Å². The van der Waals surface area contributed by atoms with Gasteiger partial charge in [0, 0.05) is 12.8 Å². The Kier molecular flexibility index (Phi) is 55.7. The Morgan fingerprint density at radius 1 is 0.392 bits per heavy atom. The summed E-state index contributed by atoms with van der Waals surface area (Å²) in [5.74, 6) is -1.99. The highest BCUT2D eigenvalue weighted by atomic mass is 16.7. The van der Waals surface area contributed by atoms with Gasteiger partial charge < -0.3 is 28.5 Å². The third-order valence-electron chi connectivity index (χ3n) is 14.8. The van der Waals surface area contributed by atoms with Crippen LogP contribution in [0.2, 0.25) is 0 Å². The Hall–Kier alpha value is -1.97. The van der Waals surface area contributed by atoms with Crippen LogP contribution in [0.5, 0.6) is 0 Å². The third kappa shape index (κ3) is 57.7. The molecule has 0 bridgehead atoms. The molecule has 0 amide bonds. The second-order valence-electron chi connectivity index (χ2n) is 23.4. The van der Waals surface area contributed by atoms with Crippen molar-refractivity contribution in [2.75, 3.05) is 47.5 Å². The molecular formula is C65H126NO8+. The van der Waals surface area contributed by atoms with Crippen molar-refractivity contribution < 1.29 is 42.9 Å². The minimum absolute atomic E-state index is 0.179. The second kappa shape index (κ2) is 57.2. The summed E-state index contributed by atoms with van der Waals surface area (Å²) in [7, 11) is 5.98. The number of ether oxygens (including phenoxy) is 4. The largest absolute Gasteiger partial charge is 0.477 e. The summed E-state index contributed by atoms with van der Waals surface area (Å²) in [5, 5.41) is 9.70. The molecule has 438 valence electrons. The molecule has 9 nitrogen and oxygen atoms in total. The van der Waals surface area contributed by atoms with Crippen molar-refractivity contribution in [3.63, 3.8) is 0 Å². The van der Waals surface area contributed by atoms with Crippen LogP contribution in [-0.2, 0) is 33.3 Å². The van der Waals surface area contributed by atoms with E-state index in [-0.39, 0.29) is 32.2 Å². The number of hydrogen-bond donors (Lipinski definition) is 1. The second-order valence-corrected chi connectivity index (χ2v) is 23.4. The van der Waals surface area contributed by atoms with E-state index in [1.807, 2.05) is 21.1 Å². The summed E-state index contributed by atoms with van der Waals surface area (Å²) in [4.78, 5) is 37.4. The van der Waals surface area contributed by atoms with Gasteiger partial charge in [-0.1, -0.05) is 289 Å². The Balaban J connectivity index is 4.00. The highest BCUT2D eigenvalue weighted by molar-refractivity contribution is 5.71. The third-order valence-corrected chi connectivity index (χ3v) is 14.8. The van der Waals surface area contributed by atoms with Gasteiger partial charge in [0.2, 0.25) is 0 Å². The van der Waals surface area contributed by atoms with Crippen LogP contribution in [0.15, 0.2) is 12.2 Å². The average Bonchev–Trinajstić information content (AvgIpc) is 3.37. The standard InChI is InChI=1S/C65H125NO8/c1-6-8-10-12-14-16-18-20-22-24-25-26-27-28-29-30-31-32-33-34-35-36-37-38-39-40-42-43-45-47-49-51-53-55-62(67)72-59-61(60-73-65(64(69)70)71-58-57-66(3,4)5)74-63(68)56-54-52-50-48-46-44-41-23-21-19-17-15-13-11-9-7-2/h23,41,61,65H,6-22,24-40,42-60H2,1-5H3/p+1/b41-23-. The fourth-order valence-corrected chi connectivity index (χ4v) is 9.78. The van der Waals surface area contributed by atoms with Crippen LogP contribution in [0.25, 0.3) is 0 Å². The molecule has 9 heteroatoms. The quantitative estimate of drug-likeness (QED) is 0.0211. The molecule has 0 aromatic heterocycles. The van der Waals surface area contributed by atoms with E-state index < -0.39 is 24.3 Å². The minimum Gasteiger partial charge on any atom is -0.477 e. The number of allylic oxidation sites excluding steroid dienone is 2. The van der Waals surface area contributed by atoms with E-state index >= 15 is 0 Å². The number of carboxylic acids is 1. The zero-order chi connectivity index (χ0) is 54.1. The van der Waals surface area contributed by atoms with Gasteiger partial charge in [0.15, 0.2) is 6.10 Å². The van der Waals surface area contributed by atoms with Gasteiger partial charge in [-0.3, -0.25) is 9.59 Å². The molecule has 0 saturated heterocycles. The van der Waals surface area contributed by atoms with Crippen molar-refractivity contribution in [3.05, 3.63) is 12.2 Å². The van der Waals surface area contributed by atoms with Gasteiger partial charge in [0.05, 0.1) is 34.4 Å². The fourth-order valence-electron chi connectivity index (χ4n) is 9.78. The van der Waals surface area contributed by atoms with E-state index in [0.717, 1.165) is 51.4 Å². The van der Waals surface area contributed by atoms with Crippen LogP contribution < -0.4 is 0 Å². The molecule has 2 unspecified atom stereocenters. The lowest BCUT2D eigenvalue weighted by Gasteiger charge is -2.25. The van der Waals surface area contributed by atoms with E-state index in [1.165, 1.54) is 244 Å². The normalized spacial score (nSPS) is 12.7. The molecule has 0 aliphatic carbocycles. The van der Waals surface area contributed by atoms with Gasteiger partial charge in [0.25, 0.3) is 6.29 Å². The Labute approximate surface area is 459 Å². The summed E-state index contributed by atoms with van der Waals surface area (Å²) < 4.78 is 22.9. The summed E-state index contributed by atoms with van der Waals surface area (Å²) >= 11 is 0. The predicted molar refractivity (Wildman–Crippen MR) is 314 cm³/mol. The van der Waals surface area contributed by atoms with Crippen LogP contribution in [0.3, 0.4) is 0 Å². The molecule has 0 aromatic carbocycles. The molecule has 1 N–H and O–H groups in total. The van der Waals surface area contributed by atoms with E-state index in [2.05, 4.69) is 26.0 Å². The number of aliphatic carboxylic acids is 1. The van der Waals surface area contributed by atoms with Crippen molar-refractivity contribution in [1.29, 1.82) is 0 Å². The molecule has 74 heavy (non-hydrogen) atoms. The van der Waals surface area contributed by atoms with Gasteiger partial charge >= 0.3 is 17.9 Å². The highest BCUT2D eigenvalue weighted by Gasteiger charge is 2.25. The Bertz CT molecular complexity index is 1220. The maximum absolute atomic E-state index is 12.9. The number of esters is 2. The molecule has 0 aliphatic rings. The molecule has 0 heterocycles. The number of carbonyl (C=O) groups is 3. The van der Waals surface area contributed by atoms with Crippen LogP contribution in [-0.4, -0.2) is 87.4 Å². The monoisotopic (exact) mass is 1050 g/mol. The van der Waals surface area contributed by atoms with Crippen LogP contribution in [0.1, 0.15) is 328 Å². The number of carbonyl (C=O) groups excluding carboxylic acids is 2. The predicted octanol–water partition coefficient (Wildman–Crippen LogP) is 19.3. The molecule has 0 radical (unpaired) electrons. The number of rotatable bonds is 61. The first-order valence-corrected chi connectivity index (χ1v) is 32.4. The zero-order valence-corrected chi connectivity index (χ0v) is 50.0. The smallest absolute Gasteiger partial charge is 0.361 e. The number of quaternary nitrogens is 1. The SMILES string of the molecule is CCCCCCCCC/C=C\CCCCCCCC(=O)OC(COC(=O)CCCCCCCCCCCCCCCCCCCCCCCCCCCCCCCCCCC)COC(OCC[N+](C)(C)C)C(=O)O. The lowest BCUT2D eigenvalue weighted by atomic mass is 10.0. The van der Waals surface area contributed by atoms with E-state index in [0.29, 0.717) is 23.9 Å². The molecular weight excluding hydrogens is 923 g/mol. The van der Waals surface area contributed by atoms with Crippen LogP contribution in [0, 0.1) is 0 Å². The molecule has 0 fully saturated rings. The molecule has 0 aromatic rings. The number of nitrogens with zero attached hydrogens (tertiary/aromatic N) is 1. The average molecular weight is 1050 g/mol. The summed E-state index contributed by atoms with van der Waals surface area (Å²) in [5.41, 5.74) is 0. The zero-order valence-electron chi connectivity index (χ0n) is 50.0. The van der Waals surface area contributed by atoms with E-state index in [1.54, 1.807) is 0 Å².